The highest BCUT2D eigenvalue weighted by Crippen LogP contribution is 2.28. The van der Waals surface area contributed by atoms with E-state index in [0.717, 1.165) is 6.54 Å². The molecule has 1 aliphatic heterocycles. The molecule has 19 heavy (non-hydrogen) atoms. The smallest absolute Gasteiger partial charge is 0.0897 e. The topological polar surface area (TPSA) is 34.0 Å². The second-order valence-electron chi connectivity index (χ2n) is 5.34. The van der Waals surface area contributed by atoms with Crippen LogP contribution in [0.15, 0.2) is 18.6 Å². The van der Waals surface area contributed by atoms with Crippen molar-refractivity contribution < 1.29 is 0 Å². The maximum Gasteiger partial charge on any atom is 0.0897 e. The van der Waals surface area contributed by atoms with Gasteiger partial charge in [-0.15, -0.1) is 11.3 Å². The molecule has 0 unspecified atom stereocenters. The van der Waals surface area contributed by atoms with Gasteiger partial charge in [0.1, 0.15) is 0 Å². The maximum atomic E-state index is 4.33. The Labute approximate surface area is 118 Å². The summed E-state index contributed by atoms with van der Waals surface area (Å²) in [6.45, 7) is 5.49. The van der Waals surface area contributed by atoms with Gasteiger partial charge < -0.3 is 0 Å². The summed E-state index contributed by atoms with van der Waals surface area (Å²) in [5.74, 6) is 0.688. The van der Waals surface area contributed by atoms with Gasteiger partial charge in [-0.05, 0) is 44.3 Å². The van der Waals surface area contributed by atoms with E-state index < -0.39 is 0 Å². The zero-order chi connectivity index (χ0) is 13.2. The quantitative estimate of drug-likeness (QED) is 0.864. The van der Waals surface area contributed by atoms with Gasteiger partial charge in [-0.1, -0.05) is 0 Å². The lowest BCUT2D eigenvalue weighted by molar-refractivity contribution is 0.206. The monoisotopic (exact) mass is 276 g/mol. The summed E-state index contributed by atoms with van der Waals surface area (Å²) in [7, 11) is 1.99. The molecule has 1 saturated heterocycles. The molecule has 2 aromatic heterocycles. The molecule has 0 radical (unpaired) electrons. The minimum atomic E-state index is 0.688. The molecule has 0 aromatic carbocycles. The molecule has 1 aliphatic rings. The van der Waals surface area contributed by atoms with Gasteiger partial charge in [0.25, 0.3) is 0 Å². The molecule has 0 spiro atoms. The number of likely N-dealkylation sites (tertiary alicyclic amines) is 1. The summed E-state index contributed by atoms with van der Waals surface area (Å²) in [6.07, 6.45) is 8.68. The first-order chi connectivity index (χ1) is 9.20. The zero-order valence-electron chi connectivity index (χ0n) is 11.5. The molecular formula is C14H20N4S. The molecule has 0 atom stereocenters. The fourth-order valence-electron chi connectivity index (χ4n) is 2.77. The van der Waals surface area contributed by atoms with Gasteiger partial charge in [0.2, 0.25) is 0 Å². The third kappa shape index (κ3) is 3.04. The van der Waals surface area contributed by atoms with E-state index in [0.29, 0.717) is 5.92 Å². The van der Waals surface area contributed by atoms with E-state index in [1.807, 2.05) is 35.5 Å². The minimum absolute atomic E-state index is 0.688. The highest BCUT2D eigenvalue weighted by Gasteiger charge is 2.21. The van der Waals surface area contributed by atoms with Crippen LogP contribution in [0.5, 0.6) is 0 Å². The average Bonchev–Trinajstić information content (AvgIpc) is 3.00. The number of aryl methyl sites for hydroxylation is 2. The number of thiazole rings is 1. The number of aromatic nitrogens is 3. The Kier molecular flexibility index (Phi) is 3.66. The Morgan fingerprint density at radius 2 is 2.11 bits per heavy atom. The Bertz CT molecular complexity index is 537. The van der Waals surface area contributed by atoms with E-state index in [9.17, 15) is 0 Å². The second kappa shape index (κ2) is 5.43. The first kappa shape index (κ1) is 12.8. The van der Waals surface area contributed by atoms with Crippen LogP contribution < -0.4 is 0 Å². The van der Waals surface area contributed by atoms with Gasteiger partial charge in [-0.3, -0.25) is 9.58 Å². The molecule has 0 amide bonds. The first-order valence-electron chi connectivity index (χ1n) is 6.83. The van der Waals surface area contributed by atoms with E-state index >= 15 is 0 Å². The Morgan fingerprint density at radius 1 is 1.32 bits per heavy atom. The lowest BCUT2D eigenvalue weighted by Crippen LogP contribution is -2.32. The summed E-state index contributed by atoms with van der Waals surface area (Å²) in [5.41, 5.74) is 1.40. The highest BCUT2D eigenvalue weighted by atomic mass is 32.1. The van der Waals surface area contributed by atoms with Gasteiger partial charge in [0.05, 0.1) is 11.2 Å². The van der Waals surface area contributed by atoms with Crippen molar-refractivity contribution in [3.05, 3.63) is 34.0 Å². The predicted molar refractivity (Wildman–Crippen MR) is 77.3 cm³/mol. The molecule has 0 bridgehead atoms. The van der Waals surface area contributed by atoms with E-state index in [1.54, 1.807) is 0 Å². The van der Waals surface area contributed by atoms with Crippen LogP contribution in [0.1, 0.15) is 34.2 Å². The standard InChI is InChI=1S/C14H20N4S/c1-11-15-8-14(19-11)10-18-5-3-12(4-6-18)13-7-16-17(2)9-13/h7-9,12H,3-6,10H2,1-2H3. The molecule has 0 aliphatic carbocycles. The lowest BCUT2D eigenvalue weighted by atomic mass is 9.91. The number of rotatable bonds is 3. The van der Waals surface area contributed by atoms with Gasteiger partial charge in [0, 0.05) is 30.9 Å². The fourth-order valence-corrected chi connectivity index (χ4v) is 3.61. The summed E-state index contributed by atoms with van der Waals surface area (Å²) < 4.78 is 1.90. The van der Waals surface area contributed by atoms with E-state index in [1.165, 1.54) is 41.4 Å². The van der Waals surface area contributed by atoms with Crippen molar-refractivity contribution in [2.75, 3.05) is 13.1 Å². The van der Waals surface area contributed by atoms with Crippen LogP contribution in [0.25, 0.3) is 0 Å². The number of piperidine rings is 1. The van der Waals surface area contributed by atoms with Crippen molar-refractivity contribution in [3.63, 3.8) is 0 Å². The number of hydrogen-bond acceptors (Lipinski definition) is 4. The van der Waals surface area contributed by atoms with Crippen LogP contribution in [0.3, 0.4) is 0 Å². The molecule has 4 nitrogen and oxygen atoms in total. The molecule has 3 heterocycles. The number of nitrogens with zero attached hydrogens (tertiary/aromatic N) is 4. The normalized spacial score (nSPS) is 18.0. The Morgan fingerprint density at radius 3 is 2.68 bits per heavy atom. The summed E-state index contributed by atoms with van der Waals surface area (Å²) in [4.78, 5) is 8.26. The van der Waals surface area contributed by atoms with Crippen molar-refractivity contribution in [1.82, 2.24) is 19.7 Å². The third-order valence-corrected chi connectivity index (χ3v) is 4.73. The average molecular weight is 276 g/mol. The number of hydrogen-bond donors (Lipinski definition) is 0. The molecular weight excluding hydrogens is 256 g/mol. The molecule has 5 heteroatoms. The SMILES string of the molecule is Cc1ncc(CN2CCC(c3cnn(C)c3)CC2)s1. The van der Waals surface area contributed by atoms with E-state index in [2.05, 4.69) is 28.1 Å². The lowest BCUT2D eigenvalue weighted by Gasteiger charge is -2.31. The van der Waals surface area contributed by atoms with Crippen LogP contribution in [-0.2, 0) is 13.6 Å². The van der Waals surface area contributed by atoms with Crippen LogP contribution in [0.2, 0.25) is 0 Å². The zero-order valence-corrected chi connectivity index (χ0v) is 12.4. The predicted octanol–water partition coefficient (Wildman–Crippen LogP) is 2.56. The van der Waals surface area contributed by atoms with Crippen molar-refractivity contribution in [1.29, 1.82) is 0 Å². The Hall–Kier alpha value is -1.20. The van der Waals surface area contributed by atoms with Crippen molar-refractivity contribution in [3.8, 4) is 0 Å². The van der Waals surface area contributed by atoms with E-state index in [4.69, 9.17) is 0 Å². The van der Waals surface area contributed by atoms with Crippen molar-refractivity contribution in [2.45, 2.75) is 32.2 Å². The van der Waals surface area contributed by atoms with Gasteiger partial charge >= 0.3 is 0 Å². The maximum absolute atomic E-state index is 4.33. The third-order valence-electron chi connectivity index (χ3n) is 3.83. The molecule has 1 fully saturated rings. The van der Waals surface area contributed by atoms with E-state index in [-0.39, 0.29) is 0 Å². The van der Waals surface area contributed by atoms with Crippen LogP contribution >= 0.6 is 11.3 Å². The summed E-state index contributed by atoms with van der Waals surface area (Å²) in [6, 6.07) is 0. The van der Waals surface area contributed by atoms with Crippen molar-refractivity contribution >= 4 is 11.3 Å². The fraction of sp³-hybridized carbons (Fsp3) is 0.571. The van der Waals surface area contributed by atoms with Crippen LogP contribution in [-0.4, -0.2) is 32.8 Å². The molecule has 102 valence electrons. The second-order valence-corrected chi connectivity index (χ2v) is 6.66. The van der Waals surface area contributed by atoms with Gasteiger partial charge in [0.15, 0.2) is 0 Å². The largest absolute Gasteiger partial charge is 0.298 e. The van der Waals surface area contributed by atoms with Gasteiger partial charge in [-0.25, -0.2) is 4.98 Å². The molecule has 2 aromatic rings. The van der Waals surface area contributed by atoms with Crippen LogP contribution in [0.4, 0.5) is 0 Å². The highest BCUT2D eigenvalue weighted by molar-refractivity contribution is 7.11. The minimum Gasteiger partial charge on any atom is -0.298 e. The molecule has 3 rings (SSSR count). The molecule has 0 N–H and O–H groups in total. The molecule has 0 saturated carbocycles. The van der Waals surface area contributed by atoms with Crippen LogP contribution in [0, 0.1) is 6.92 Å². The first-order valence-corrected chi connectivity index (χ1v) is 7.64. The summed E-state index contributed by atoms with van der Waals surface area (Å²) in [5, 5.41) is 5.44. The Balaban J connectivity index is 1.54. The summed E-state index contributed by atoms with van der Waals surface area (Å²) >= 11 is 1.82. The van der Waals surface area contributed by atoms with Gasteiger partial charge in [-0.2, -0.15) is 5.10 Å². The van der Waals surface area contributed by atoms with Crippen molar-refractivity contribution in [2.24, 2.45) is 7.05 Å².